The maximum Gasteiger partial charge on any atom is 0.336 e. The van der Waals surface area contributed by atoms with Gasteiger partial charge in [-0.2, -0.15) is 4.98 Å². The van der Waals surface area contributed by atoms with E-state index in [0.717, 1.165) is 5.69 Å². The maximum atomic E-state index is 11.2. The number of ether oxygens (including phenoxy) is 1. The zero-order valence-electron chi connectivity index (χ0n) is 9.78. The van der Waals surface area contributed by atoms with E-state index in [9.17, 15) is 4.79 Å². The second-order valence-corrected chi connectivity index (χ2v) is 3.58. The van der Waals surface area contributed by atoms with Crippen LogP contribution in [0, 0.1) is 0 Å². The second kappa shape index (κ2) is 5.28. The SMILES string of the molecule is CC(Oc1ncn(-c2ccccc2)n1)C(=O)NN. The number of benzene rings is 1. The highest BCUT2D eigenvalue weighted by molar-refractivity contribution is 5.79. The van der Waals surface area contributed by atoms with Gasteiger partial charge in [0.25, 0.3) is 5.91 Å². The van der Waals surface area contributed by atoms with Crippen LogP contribution in [0.15, 0.2) is 36.7 Å². The minimum atomic E-state index is -0.748. The Morgan fingerprint density at radius 3 is 2.83 bits per heavy atom. The van der Waals surface area contributed by atoms with E-state index in [1.54, 1.807) is 11.6 Å². The molecule has 0 aliphatic carbocycles. The summed E-state index contributed by atoms with van der Waals surface area (Å²) in [5.74, 6) is 4.56. The molecule has 3 N–H and O–H groups in total. The van der Waals surface area contributed by atoms with Gasteiger partial charge in [-0.25, -0.2) is 10.5 Å². The smallest absolute Gasteiger partial charge is 0.336 e. The Morgan fingerprint density at radius 2 is 2.17 bits per heavy atom. The third-order valence-electron chi connectivity index (χ3n) is 2.29. The van der Waals surface area contributed by atoms with Crippen LogP contribution in [0.2, 0.25) is 0 Å². The van der Waals surface area contributed by atoms with Crippen LogP contribution in [0.4, 0.5) is 0 Å². The number of aromatic nitrogens is 3. The van der Waals surface area contributed by atoms with Gasteiger partial charge in [0.1, 0.15) is 6.33 Å². The first kappa shape index (κ1) is 12.1. The van der Waals surface area contributed by atoms with Crippen molar-refractivity contribution < 1.29 is 9.53 Å². The fourth-order valence-electron chi connectivity index (χ4n) is 1.34. The van der Waals surface area contributed by atoms with Crippen LogP contribution < -0.4 is 16.0 Å². The lowest BCUT2D eigenvalue weighted by Crippen LogP contribution is -2.40. The quantitative estimate of drug-likeness (QED) is 0.451. The number of hydrogen-bond acceptors (Lipinski definition) is 5. The van der Waals surface area contributed by atoms with Crippen molar-refractivity contribution in [2.75, 3.05) is 0 Å². The van der Waals surface area contributed by atoms with Crippen LogP contribution in [-0.2, 0) is 4.79 Å². The molecule has 0 aliphatic heterocycles. The van der Waals surface area contributed by atoms with Crippen molar-refractivity contribution in [1.82, 2.24) is 20.2 Å². The third-order valence-corrected chi connectivity index (χ3v) is 2.29. The van der Waals surface area contributed by atoms with E-state index in [4.69, 9.17) is 10.6 Å². The molecular formula is C11H13N5O2. The van der Waals surface area contributed by atoms with Crippen LogP contribution in [0.1, 0.15) is 6.92 Å². The minimum absolute atomic E-state index is 0.120. The molecule has 7 heteroatoms. The van der Waals surface area contributed by atoms with E-state index < -0.39 is 12.0 Å². The summed E-state index contributed by atoms with van der Waals surface area (Å²) >= 11 is 0. The average Bonchev–Trinajstić information content (AvgIpc) is 2.87. The number of nitrogens with zero attached hydrogens (tertiary/aromatic N) is 3. The molecule has 0 fully saturated rings. The van der Waals surface area contributed by atoms with Gasteiger partial charge in [-0.3, -0.25) is 10.2 Å². The van der Waals surface area contributed by atoms with Crippen LogP contribution in [-0.4, -0.2) is 26.8 Å². The molecule has 0 bridgehead atoms. The van der Waals surface area contributed by atoms with Gasteiger partial charge in [0.2, 0.25) is 0 Å². The van der Waals surface area contributed by atoms with Gasteiger partial charge in [0.05, 0.1) is 5.69 Å². The molecule has 0 saturated carbocycles. The predicted molar refractivity (Wildman–Crippen MR) is 63.8 cm³/mol. The lowest BCUT2D eigenvalue weighted by molar-refractivity contribution is -0.127. The molecule has 1 amide bonds. The summed E-state index contributed by atoms with van der Waals surface area (Å²) in [7, 11) is 0. The number of carbonyl (C=O) groups excluding carboxylic acids is 1. The molecule has 2 aromatic rings. The summed E-state index contributed by atoms with van der Waals surface area (Å²) in [6, 6.07) is 9.58. The Labute approximate surface area is 104 Å². The zero-order chi connectivity index (χ0) is 13.0. The van der Waals surface area contributed by atoms with Crippen molar-refractivity contribution in [3.05, 3.63) is 36.7 Å². The van der Waals surface area contributed by atoms with Crippen molar-refractivity contribution in [1.29, 1.82) is 0 Å². The molecule has 1 atom stereocenters. The molecule has 1 unspecified atom stereocenters. The molecule has 2 rings (SSSR count). The number of carbonyl (C=O) groups is 1. The molecule has 1 aromatic heterocycles. The number of para-hydroxylation sites is 1. The van der Waals surface area contributed by atoms with Gasteiger partial charge >= 0.3 is 6.01 Å². The number of hydrogen-bond donors (Lipinski definition) is 2. The fourth-order valence-corrected chi connectivity index (χ4v) is 1.34. The fraction of sp³-hybridized carbons (Fsp3) is 0.182. The predicted octanol–water partition coefficient (Wildman–Crippen LogP) is 0.0245. The Balaban J connectivity index is 2.09. The molecule has 7 nitrogen and oxygen atoms in total. The van der Waals surface area contributed by atoms with Crippen molar-refractivity contribution >= 4 is 5.91 Å². The number of nitrogens with two attached hydrogens (primary N) is 1. The normalized spacial score (nSPS) is 11.9. The lowest BCUT2D eigenvalue weighted by Gasteiger charge is -2.08. The maximum absolute atomic E-state index is 11.2. The minimum Gasteiger partial charge on any atom is -0.449 e. The first-order valence-electron chi connectivity index (χ1n) is 5.35. The van der Waals surface area contributed by atoms with E-state index in [2.05, 4.69) is 10.1 Å². The summed E-state index contributed by atoms with van der Waals surface area (Å²) in [6.07, 6.45) is 0.763. The second-order valence-electron chi connectivity index (χ2n) is 3.58. The zero-order valence-corrected chi connectivity index (χ0v) is 9.78. The molecule has 0 aliphatic rings. The van der Waals surface area contributed by atoms with Crippen LogP contribution >= 0.6 is 0 Å². The topological polar surface area (TPSA) is 95.1 Å². The van der Waals surface area contributed by atoms with Gasteiger partial charge in [-0.1, -0.05) is 18.2 Å². The Bertz CT molecular complexity index is 525. The monoisotopic (exact) mass is 247 g/mol. The molecule has 0 radical (unpaired) electrons. The Hall–Kier alpha value is -2.41. The van der Waals surface area contributed by atoms with Gasteiger partial charge in [0.15, 0.2) is 6.10 Å². The largest absolute Gasteiger partial charge is 0.449 e. The van der Waals surface area contributed by atoms with E-state index in [1.807, 2.05) is 35.8 Å². The van der Waals surface area contributed by atoms with E-state index >= 15 is 0 Å². The molecule has 1 heterocycles. The molecule has 94 valence electrons. The highest BCUT2D eigenvalue weighted by Crippen LogP contribution is 2.09. The lowest BCUT2D eigenvalue weighted by atomic mass is 10.3. The van der Waals surface area contributed by atoms with Crippen molar-refractivity contribution in [3.63, 3.8) is 0 Å². The van der Waals surface area contributed by atoms with Crippen LogP contribution in [0.3, 0.4) is 0 Å². The van der Waals surface area contributed by atoms with E-state index in [0.29, 0.717) is 0 Å². The molecule has 18 heavy (non-hydrogen) atoms. The molecular weight excluding hydrogens is 234 g/mol. The molecule has 0 spiro atoms. The van der Waals surface area contributed by atoms with Gasteiger partial charge in [-0.05, 0) is 19.1 Å². The number of hydrazine groups is 1. The van der Waals surface area contributed by atoms with E-state index in [-0.39, 0.29) is 6.01 Å². The van der Waals surface area contributed by atoms with Crippen molar-refractivity contribution in [2.45, 2.75) is 13.0 Å². The third kappa shape index (κ3) is 2.64. The molecule has 1 aromatic carbocycles. The number of amides is 1. The summed E-state index contributed by atoms with van der Waals surface area (Å²) in [6.45, 7) is 1.56. The van der Waals surface area contributed by atoms with Crippen molar-refractivity contribution in [3.8, 4) is 11.7 Å². The summed E-state index contributed by atoms with van der Waals surface area (Å²) in [4.78, 5) is 15.1. The van der Waals surface area contributed by atoms with Gasteiger partial charge in [-0.15, -0.1) is 5.10 Å². The highest BCUT2D eigenvalue weighted by atomic mass is 16.5. The summed E-state index contributed by atoms with van der Waals surface area (Å²) in [5.41, 5.74) is 2.85. The van der Waals surface area contributed by atoms with Gasteiger partial charge in [0, 0.05) is 0 Å². The number of nitrogens with one attached hydrogen (secondary N) is 1. The first-order chi connectivity index (χ1) is 8.70. The Kier molecular flexibility index (Phi) is 3.54. The Morgan fingerprint density at radius 1 is 1.44 bits per heavy atom. The summed E-state index contributed by atoms with van der Waals surface area (Å²) in [5, 5.41) is 4.10. The average molecular weight is 247 g/mol. The van der Waals surface area contributed by atoms with Crippen LogP contribution in [0.5, 0.6) is 6.01 Å². The summed E-state index contributed by atoms with van der Waals surface area (Å²) < 4.78 is 6.79. The van der Waals surface area contributed by atoms with Gasteiger partial charge < -0.3 is 4.74 Å². The number of rotatable bonds is 4. The first-order valence-corrected chi connectivity index (χ1v) is 5.35. The highest BCUT2D eigenvalue weighted by Gasteiger charge is 2.15. The molecule has 0 saturated heterocycles. The van der Waals surface area contributed by atoms with Crippen LogP contribution in [0.25, 0.3) is 5.69 Å². The van der Waals surface area contributed by atoms with Crippen molar-refractivity contribution in [2.24, 2.45) is 5.84 Å². The van der Waals surface area contributed by atoms with E-state index in [1.165, 1.54) is 6.33 Å². The standard InChI is InChI=1S/C11H13N5O2/c1-8(10(17)14-12)18-11-13-7-16(15-11)9-5-3-2-4-6-9/h2-8H,12H2,1H3,(H,14,17).